The molecule has 0 rings (SSSR count). The van der Waals surface area contributed by atoms with E-state index in [1.54, 1.807) is 0 Å². The van der Waals surface area contributed by atoms with Gasteiger partial charge >= 0.3 is 19.8 Å². The van der Waals surface area contributed by atoms with Crippen molar-refractivity contribution < 1.29 is 47.8 Å². The highest BCUT2D eigenvalue weighted by Crippen LogP contribution is 2.43. The summed E-state index contributed by atoms with van der Waals surface area (Å²) in [4.78, 5) is 46.0. The number of unbranched alkanes of at least 4 members (excludes halogenated alkanes) is 9. The van der Waals surface area contributed by atoms with Crippen LogP contribution in [0.2, 0.25) is 0 Å². The molecule has 4 N–H and O–H groups in total. The van der Waals surface area contributed by atoms with Gasteiger partial charge < -0.3 is 25.2 Å². The average Bonchev–Trinajstić information content (AvgIpc) is 3.25. The van der Waals surface area contributed by atoms with Crippen molar-refractivity contribution >= 4 is 25.7 Å². The number of amides is 1. The summed E-state index contributed by atoms with van der Waals surface area (Å²) in [6.07, 6.45) is 56.8. The van der Waals surface area contributed by atoms with E-state index < -0.39 is 57.6 Å². The lowest BCUT2D eigenvalue weighted by Gasteiger charge is -2.18. The number of hydrogen-bond donors (Lipinski definition) is 4. The topological polar surface area (TPSA) is 169 Å². The van der Waals surface area contributed by atoms with E-state index in [9.17, 15) is 34.1 Å². The number of carboxylic acid groups (broad SMARTS) is 1. The highest BCUT2D eigenvalue weighted by molar-refractivity contribution is 7.47. The van der Waals surface area contributed by atoms with Crippen LogP contribution in [0.15, 0.2) is 109 Å². The third-order valence-electron chi connectivity index (χ3n) is 9.06. The molecule has 0 heterocycles. The van der Waals surface area contributed by atoms with Gasteiger partial charge in [0.1, 0.15) is 12.7 Å². The maximum atomic E-state index is 12.3. The number of aliphatic hydroxyl groups is 1. The number of carboxylic acids is 1. The Bertz CT molecular complexity index is 1460. The summed E-state index contributed by atoms with van der Waals surface area (Å²) in [6, 6.07) is -1.57. The van der Waals surface area contributed by atoms with Gasteiger partial charge in [-0.15, -0.1) is 0 Å². The molecule has 12 heteroatoms. The van der Waals surface area contributed by atoms with E-state index in [1.165, 1.54) is 0 Å². The molecule has 3 atom stereocenters. The van der Waals surface area contributed by atoms with Crippen LogP contribution in [0, 0.1) is 0 Å². The third kappa shape index (κ3) is 42.8. The zero-order valence-electron chi connectivity index (χ0n) is 37.9. The molecule has 350 valence electrons. The van der Waals surface area contributed by atoms with E-state index >= 15 is 0 Å². The monoisotopic (exact) mass is 886 g/mol. The minimum absolute atomic E-state index is 0.118. The molecular weight excluding hydrogens is 806 g/mol. The van der Waals surface area contributed by atoms with E-state index in [0.29, 0.717) is 12.8 Å². The number of carbonyl (C=O) groups is 3. The van der Waals surface area contributed by atoms with Crippen LogP contribution in [-0.2, 0) is 32.7 Å². The van der Waals surface area contributed by atoms with Crippen LogP contribution in [0.1, 0.15) is 155 Å². The van der Waals surface area contributed by atoms with Crippen molar-refractivity contribution in [2.24, 2.45) is 0 Å². The second-order valence-corrected chi connectivity index (χ2v) is 16.3. The molecular formula is C50H80NO10P. The molecule has 0 aliphatic heterocycles. The number of aliphatic carboxylic acids is 1. The van der Waals surface area contributed by atoms with E-state index in [2.05, 4.69) is 129 Å². The van der Waals surface area contributed by atoms with Crippen molar-refractivity contribution in [3.63, 3.8) is 0 Å². The van der Waals surface area contributed by atoms with Crippen LogP contribution < -0.4 is 5.32 Å². The lowest BCUT2D eigenvalue weighted by Crippen LogP contribution is -2.43. The zero-order valence-corrected chi connectivity index (χ0v) is 38.8. The van der Waals surface area contributed by atoms with Gasteiger partial charge in [0.25, 0.3) is 0 Å². The molecule has 3 unspecified atom stereocenters. The van der Waals surface area contributed by atoms with Crippen molar-refractivity contribution in [2.45, 2.75) is 167 Å². The fourth-order valence-corrected chi connectivity index (χ4v) is 6.34. The Morgan fingerprint density at radius 3 is 1.32 bits per heavy atom. The van der Waals surface area contributed by atoms with Crippen molar-refractivity contribution in [2.75, 3.05) is 19.8 Å². The maximum Gasteiger partial charge on any atom is 0.472 e. The number of hydrogen-bond acceptors (Lipinski definition) is 8. The molecule has 0 aromatic rings. The van der Waals surface area contributed by atoms with Crippen molar-refractivity contribution in [1.82, 2.24) is 5.32 Å². The number of phosphoric ester groups is 1. The first-order chi connectivity index (χ1) is 30.1. The Labute approximate surface area is 374 Å². The Balaban J connectivity index is 3.96. The normalized spacial score (nSPS) is 14.6. The van der Waals surface area contributed by atoms with Crippen molar-refractivity contribution in [3.05, 3.63) is 109 Å². The SMILES string of the molecule is CC/C=C\C/C=C\C/C=C\C/C=C\C/C=C\C/C=C\CCCCCCC(=O)OCC(O)COP(=O)(O)OCC(NC(=O)CCCCCCC/C=C\C/C=C\C/C=C\CC)C(=O)O. The van der Waals surface area contributed by atoms with E-state index in [0.717, 1.165) is 116 Å². The molecule has 0 radical (unpaired) electrons. The number of aliphatic hydroxyl groups excluding tert-OH is 1. The number of esters is 1. The second-order valence-electron chi connectivity index (χ2n) is 14.8. The Kier molecular flexibility index (Phi) is 41.0. The van der Waals surface area contributed by atoms with Crippen LogP contribution in [0.25, 0.3) is 0 Å². The van der Waals surface area contributed by atoms with Crippen molar-refractivity contribution in [3.8, 4) is 0 Å². The second kappa shape index (κ2) is 43.8. The smallest absolute Gasteiger partial charge is 0.472 e. The largest absolute Gasteiger partial charge is 0.480 e. The predicted octanol–water partition coefficient (Wildman–Crippen LogP) is 12.2. The quantitative estimate of drug-likeness (QED) is 0.0201. The number of carbonyl (C=O) groups excluding carboxylic acids is 2. The van der Waals surface area contributed by atoms with Gasteiger partial charge in [0.2, 0.25) is 5.91 Å². The highest BCUT2D eigenvalue weighted by atomic mass is 31.2. The summed E-state index contributed by atoms with van der Waals surface area (Å²) >= 11 is 0. The number of phosphoric acid groups is 1. The van der Waals surface area contributed by atoms with Gasteiger partial charge in [0.15, 0.2) is 6.04 Å². The van der Waals surface area contributed by atoms with Gasteiger partial charge in [-0.25, -0.2) is 9.36 Å². The van der Waals surface area contributed by atoms with Gasteiger partial charge in [-0.1, -0.05) is 155 Å². The molecule has 0 aliphatic carbocycles. The van der Waals surface area contributed by atoms with Gasteiger partial charge in [0.05, 0.1) is 13.2 Å². The van der Waals surface area contributed by atoms with Gasteiger partial charge in [-0.2, -0.15) is 0 Å². The number of allylic oxidation sites excluding steroid dienone is 18. The van der Waals surface area contributed by atoms with E-state index in [-0.39, 0.29) is 12.8 Å². The number of rotatable bonds is 41. The molecule has 0 spiro atoms. The summed E-state index contributed by atoms with van der Waals surface area (Å²) in [7, 11) is -4.78. The highest BCUT2D eigenvalue weighted by Gasteiger charge is 2.28. The number of nitrogens with one attached hydrogen (secondary N) is 1. The first-order valence-electron chi connectivity index (χ1n) is 22.9. The lowest BCUT2D eigenvalue weighted by molar-refractivity contribution is -0.147. The summed E-state index contributed by atoms with van der Waals surface area (Å²) in [5, 5.41) is 21.8. The third-order valence-corrected chi connectivity index (χ3v) is 10.0. The molecule has 0 aromatic heterocycles. The Morgan fingerprint density at radius 1 is 0.516 bits per heavy atom. The van der Waals surface area contributed by atoms with Crippen LogP contribution in [-0.4, -0.2) is 64.9 Å². The molecule has 0 aromatic carbocycles. The Hall–Kier alpha value is -3.86. The van der Waals surface area contributed by atoms with Gasteiger partial charge in [0, 0.05) is 12.8 Å². The molecule has 1 amide bonds. The van der Waals surface area contributed by atoms with Gasteiger partial charge in [-0.05, 0) is 96.3 Å². The van der Waals surface area contributed by atoms with Crippen LogP contribution in [0.3, 0.4) is 0 Å². The zero-order chi connectivity index (χ0) is 45.6. The minimum Gasteiger partial charge on any atom is -0.480 e. The number of ether oxygens (including phenoxy) is 1. The van der Waals surface area contributed by atoms with Crippen LogP contribution in [0.4, 0.5) is 0 Å². The first-order valence-corrected chi connectivity index (χ1v) is 24.4. The standard InChI is InChI=1S/C50H80NO10P/c1-3-5-7-9-11-13-15-17-19-20-21-22-23-24-25-26-28-30-32-34-36-38-40-42-49(54)59-43-46(52)44-60-62(57,58)61-45-47(50(55)56)51-48(53)41-39-37-35-33-31-29-27-18-16-14-12-10-8-6-4-2/h5-8,11-14,17-19,21-22,24-25,27-28,30,46-47,52H,3-4,9-10,15-16,20,23,26,29,31-45H2,1-2H3,(H,51,53)(H,55,56)(H,57,58)/b7-5-,8-6-,13-11-,14-12-,19-17-,22-21-,25-24-,27-18-,30-28-. The van der Waals surface area contributed by atoms with E-state index in [1.807, 2.05) is 0 Å². The van der Waals surface area contributed by atoms with Crippen molar-refractivity contribution in [1.29, 1.82) is 0 Å². The summed E-state index contributed by atoms with van der Waals surface area (Å²) in [5.74, 6) is -2.44. The molecule has 0 saturated carbocycles. The molecule has 0 saturated heterocycles. The van der Waals surface area contributed by atoms with Crippen LogP contribution >= 0.6 is 7.82 Å². The fraction of sp³-hybridized carbons (Fsp3) is 0.580. The minimum atomic E-state index is -4.78. The Morgan fingerprint density at radius 2 is 0.887 bits per heavy atom. The summed E-state index contributed by atoms with van der Waals surface area (Å²) in [6.45, 7) is 2.31. The predicted molar refractivity (Wildman–Crippen MR) is 253 cm³/mol. The molecule has 0 fully saturated rings. The van der Waals surface area contributed by atoms with E-state index in [4.69, 9.17) is 13.8 Å². The molecule has 11 nitrogen and oxygen atoms in total. The molecule has 0 bridgehead atoms. The average molecular weight is 886 g/mol. The van der Waals surface area contributed by atoms with Gasteiger partial charge in [-0.3, -0.25) is 18.6 Å². The summed E-state index contributed by atoms with van der Waals surface area (Å²) < 4.78 is 26.8. The molecule has 62 heavy (non-hydrogen) atoms. The maximum absolute atomic E-state index is 12.3. The fourth-order valence-electron chi connectivity index (χ4n) is 5.57. The lowest BCUT2D eigenvalue weighted by atomic mass is 10.1. The molecule has 0 aliphatic rings. The first kappa shape index (κ1) is 58.1. The van der Waals surface area contributed by atoms with Crippen LogP contribution in [0.5, 0.6) is 0 Å². The summed E-state index contributed by atoms with van der Waals surface area (Å²) in [5.41, 5.74) is 0.